The summed E-state index contributed by atoms with van der Waals surface area (Å²) in [5.41, 5.74) is 5.30. The van der Waals surface area contributed by atoms with E-state index in [1.165, 1.54) is 12.1 Å². The molecule has 66 valence electrons. The zero-order valence-electron chi connectivity index (χ0n) is 5.82. The third kappa shape index (κ3) is 1.52. The Labute approximate surface area is 76.2 Å². The van der Waals surface area contributed by atoms with E-state index in [0.717, 1.165) is 0 Å². The normalized spacial score (nSPS) is 12.8. The lowest BCUT2D eigenvalue weighted by molar-refractivity contribution is 0.460. The molecule has 0 bridgehead atoms. The lowest BCUT2D eigenvalue weighted by atomic mass is 10.3. The molecule has 1 unspecified atom stereocenters. The number of rotatable bonds is 1. The van der Waals surface area contributed by atoms with Crippen LogP contribution in [0.4, 0.5) is 5.69 Å². The Morgan fingerprint density at radius 1 is 1.50 bits per heavy atom. The first-order chi connectivity index (χ1) is 5.54. The van der Waals surface area contributed by atoms with E-state index in [9.17, 15) is 9.32 Å². The molecule has 4 nitrogen and oxygen atoms in total. The number of aromatic hydroxyl groups is 1. The highest BCUT2D eigenvalue weighted by molar-refractivity contribution is 7.79. The fourth-order valence-electron chi connectivity index (χ4n) is 0.728. The van der Waals surface area contributed by atoms with Gasteiger partial charge in [0.15, 0.2) is 16.8 Å². The highest BCUT2D eigenvalue weighted by Crippen LogP contribution is 2.33. The first-order valence-electron chi connectivity index (χ1n) is 2.92. The van der Waals surface area contributed by atoms with Gasteiger partial charge in [-0.15, -0.1) is 0 Å². The molecule has 1 rings (SSSR count). The van der Waals surface area contributed by atoms with Crippen LogP contribution in [-0.2, 0) is 11.1 Å². The number of phenolic OH excluding ortho intramolecular Hbond substituents is 1. The molecule has 0 saturated carbocycles. The van der Waals surface area contributed by atoms with E-state index in [4.69, 9.17) is 21.9 Å². The number of nitrogens with two attached hydrogens (primary N) is 1. The predicted molar refractivity (Wildman–Crippen MR) is 46.6 cm³/mol. The van der Waals surface area contributed by atoms with Gasteiger partial charge in [0.1, 0.15) is 4.90 Å². The molecule has 4 N–H and O–H groups in total. The highest BCUT2D eigenvalue weighted by Gasteiger charge is 2.14. The minimum absolute atomic E-state index is 0.0162. The molecule has 0 radical (unpaired) electrons. The number of nitrogen functional groups attached to an aromatic ring is 1. The van der Waals surface area contributed by atoms with Gasteiger partial charge in [0.25, 0.3) is 0 Å². The molecule has 0 amide bonds. The fourth-order valence-corrected chi connectivity index (χ4v) is 1.60. The average Bonchev–Trinajstić information content (AvgIpc) is 1.97. The number of anilines is 1. The van der Waals surface area contributed by atoms with Crippen molar-refractivity contribution in [3.63, 3.8) is 0 Å². The Balaban J connectivity index is 3.43. The van der Waals surface area contributed by atoms with E-state index >= 15 is 0 Å². The van der Waals surface area contributed by atoms with Crippen molar-refractivity contribution in [3.8, 4) is 5.75 Å². The smallest absolute Gasteiger partial charge is 0.191 e. The Hall–Kier alpha value is -0.780. The maximum atomic E-state index is 10.6. The van der Waals surface area contributed by atoms with E-state index in [1.807, 2.05) is 0 Å². The second kappa shape index (κ2) is 3.30. The maximum Gasteiger partial charge on any atom is 0.191 e. The van der Waals surface area contributed by atoms with Gasteiger partial charge in [0.2, 0.25) is 0 Å². The molecule has 0 saturated heterocycles. The summed E-state index contributed by atoms with van der Waals surface area (Å²) in [6.07, 6.45) is 0. The van der Waals surface area contributed by atoms with Crippen LogP contribution in [0.2, 0.25) is 5.02 Å². The van der Waals surface area contributed by atoms with Gasteiger partial charge in [-0.2, -0.15) is 0 Å². The topological polar surface area (TPSA) is 83.6 Å². The van der Waals surface area contributed by atoms with Gasteiger partial charge in [-0.1, -0.05) is 11.6 Å². The van der Waals surface area contributed by atoms with Crippen molar-refractivity contribution in [2.45, 2.75) is 4.90 Å². The summed E-state index contributed by atoms with van der Waals surface area (Å²) in [6, 6.07) is 2.70. The Bertz CT molecular complexity index is 342. The molecule has 1 atom stereocenters. The number of halogens is 1. The van der Waals surface area contributed by atoms with Crippen LogP contribution < -0.4 is 5.73 Å². The highest BCUT2D eigenvalue weighted by atomic mass is 35.5. The van der Waals surface area contributed by atoms with Crippen molar-refractivity contribution in [2.24, 2.45) is 0 Å². The van der Waals surface area contributed by atoms with Gasteiger partial charge in [0.05, 0.1) is 10.7 Å². The van der Waals surface area contributed by atoms with E-state index in [-0.39, 0.29) is 15.6 Å². The van der Waals surface area contributed by atoms with Crippen LogP contribution in [0.1, 0.15) is 0 Å². The first-order valence-corrected chi connectivity index (χ1v) is 4.40. The monoisotopic (exact) mass is 207 g/mol. The number of benzene rings is 1. The summed E-state index contributed by atoms with van der Waals surface area (Å²) < 4.78 is 19.3. The van der Waals surface area contributed by atoms with Gasteiger partial charge in [-0.3, -0.25) is 0 Å². The van der Waals surface area contributed by atoms with Gasteiger partial charge in [-0.25, -0.2) is 4.21 Å². The van der Waals surface area contributed by atoms with E-state index in [2.05, 4.69) is 0 Å². The second-order valence-electron chi connectivity index (χ2n) is 2.06. The number of hydrogen-bond acceptors (Lipinski definition) is 3. The summed E-state index contributed by atoms with van der Waals surface area (Å²) in [7, 11) is 0. The average molecular weight is 208 g/mol. The summed E-state index contributed by atoms with van der Waals surface area (Å²) in [4.78, 5) is -0.253. The summed E-state index contributed by atoms with van der Waals surface area (Å²) in [6.45, 7) is 0. The van der Waals surface area contributed by atoms with Crippen molar-refractivity contribution in [1.29, 1.82) is 0 Å². The fraction of sp³-hybridized carbons (Fsp3) is 0. The molecule has 0 aromatic heterocycles. The Kier molecular flexibility index (Phi) is 2.56. The van der Waals surface area contributed by atoms with Gasteiger partial charge in [0, 0.05) is 0 Å². The third-order valence-electron chi connectivity index (χ3n) is 1.29. The zero-order chi connectivity index (χ0) is 9.30. The van der Waals surface area contributed by atoms with Crippen molar-refractivity contribution < 1.29 is 13.9 Å². The molecular formula is C6H6ClNO3S. The van der Waals surface area contributed by atoms with Crippen LogP contribution in [0, 0.1) is 0 Å². The predicted octanol–water partition coefficient (Wildman–Crippen LogP) is 1.21. The largest absolute Gasteiger partial charge is 0.504 e. The van der Waals surface area contributed by atoms with Gasteiger partial charge < -0.3 is 15.4 Å². The minimum Gasteiger partial charge on any atom is -0.504 e. The molecule has 1 aromatic carbocycles. The first kappa shape index (κ1) is 9.31. The van der Waals surface area contributed by atoms with Crippen molar-refractivity contribution in [2.75, 3.05) is 5.73 Å². The minimum atomic E-state index is -2.32. The van der Waals surface area contributed by atoms with Crippen LogP contribution in [0.3, 0.4) is 0 Å². The second-order valence-corrected chi connectivity index (χ2v) is 3.38. The lowest BCUT2D eigenvalue weighted by Gasteiger charge is -2.04. The van der Waals surface area contributed by atoms with Crippen LogP contribution in [0.5, 0.6) is 5.75 Å². The summed E-state index contributed by atoms with van der Waals surface area (Å²) in [5, 5.41) is 9.20. The Morgan fingerprint density at radius 2 is 2.08 bits per heavy atom. The van der Waals surface area contributed by atoms with E-state index < -0.39 is 16.8 Å². The molecule has 0 spiro atoms. The molecule has 1 aromatic rings. The molecule has 0 aliphatic carbocycles. The molecule has 0 fully saturated rings. The number of phenols is 1. The van der Waals surface area contributed by atoms with Crippen LogP contribution in [-0.4, -0.2) is 13.9 Å². The quantitative estimate of drug-likeness (QED) is 0.367. The molecule has 0 heterocycles. The zero-order valence-corrected chi connectivity index (χ0v) is 7.39. The molecule has 6 heteroatoms. The van der Waals surface area contributed by atoms with Crippen molar-refractivity contribution in [1.82, 2.24) is 0 Å². The lowest BCUT2D eigenvalue weighted by Crippen LogP contribution is -1.94. The maximum absolute atomic E-state index is 10.6. The van der Waals surface area contributed by atoms with Crippen LogP contribution in [0.25, 0.3) is 0 Å². The molecule has 0 aliphatic rings. The summed E-state index contributed by atoms with van der Waals surface area (Å²) in [5.74, 6) is -0.441. The molecule has 0 aliphatic heterocycles. The van der Waals surface area contributed by atoms with Crippen molar-refractivity contribution in [3.05, 3.63) is 17.2 Å². The molecular weight excluding hydrogens is 202 g/mol. The van der Waals surface area contributed by atoms with Crippen LogP contribution in [0.15, 0.2) is 17.0 Å². The number of hydrogen-bond donors (Lipinski definition) is 3. The van der Waals surface area contributed by atoms with E-state index in [0.29, 0.717) is 0 Å². The third-order valence-corrected chi connectivity index (χ3v) is 2.48. The standard InChI is InChI=1S/C6H6ClNO3S/c7-3-1-2-4(8)5(9)6(3)12(10)11/h1-2,9H,8H2,(H,10,11). The molecule has 12 heavy (non-hydrogen) atoms. The van der Waals surface area contributed by atoms with Crippen LogP contribution >= 0.6 is 11.6 Å². The SMILES string of the molecule is Nc1ccc(Cl)c(S(=O)O)c1O. The van der Waals surface area contributed by atoms with E-state index in [1.54, 1.807) is 0 Å². The Morgan fingerprint density at radius 3 is 2.50 bits per heavy atom. The van der Waals surface area contributed by atoms with Gasteiger partial charge in [-0.05, 0) is 12.1 Å². The summed E-state index contributed by atoms with van der Waals surface area (Å²) >= 11 is 3.20. The van der Waals surface area contributed by atoms with Gasteiger partial charge >= 0.3 is 0 Å². The van der Waals surface area contributed by atoms with Crippen molar-refractivity contribution >= 4 is 28.4 Å².